The molecule has 2 aliphatic heterocycles. The average Bonchev–Trinajstić information content (AvgIpc) is 3.43. The Kier molecular flexibility index (Phi) is 6.03. The molecular formula is C20H24N4O3S2. The van der Waals surface area contributed by atoms with E-state index in [1.807, 2.05) is 0 Å². The maximum atomic E-state index is 5.88. The summed E-state index contributed by atoms with van der Waals surface area (Å²) < 4.78 is 11.2. The van der Waals surface area contributed by atoms with Crippen LogP contribution in [0.5, 0.6) is 0 Å². The van der Waals surface area contributed by atoms with E-state index in [0.717, 1.165) is 79.6 Å². The van der Waals surface area contributed by atoms with Crippen LogP contribution in [0, 0.1) is 0 Å². The molecule has 5 rings (SSSR count). The summed E-state index contributed by atoms with van der Waals surface area (Å²) in [5.41, 5.74) is 4.26. The lowest BCUT2D eigenvalue weighted by Gasteiger charge is -2.26. The van der Waals surface area contributed by atoms with Gasteiger partial charge < -0.3 is 9.47 Å². The zero-order valence-corrected chi connectivity index (χ0v) is 17.8. The summed E-state index contributed by atoms with van der Waals surface area (Å²) in [5.74, 6) is 1.52. The summed E-state index contributed by atoms with van der Waals surface area (Å²) in [6.45, 7) is 4.78. The van der Waals surface area contributed by atoms with Crippen molar-refractivity contribution in [1.82, 2.24) is 14.9 Å². The minimum atomic E-state index is -0.236. The molecule has 2 saturated heterocycles. The maximum absolute atomic E-state index is 5.88. The fraction of sp³-hybridized carbons (Fsp3) is 0.500. The van der Waals surface area contributed by atoms with Crippen LogP contribution in [-0.4, -0.2) is 54.1 Å². The normalized spacial score (nSPS) is 20.9. The quantitative estimate of drug-likeness (QED) is 0.588. The number of morpholine rings is 1. The van der Waals surface area contributed by atoms with Gasteiger partial charge in [-0.2, -0.15) is 0 Å². The van der Waals surface area contributed by atoms with Gasteiger partial charge >= 0.3 is 0 Å². The van der Waals surface area contributed by atoms with Crippen LogP contribution < -0.4 is 5.48 Å². The summed E-state index contributed by atoms with van der Waals surface area (Å²) in [6.07, 6.45) is 2.87. The molecular weight excluding hydrogens is 408 g/mol. The highest BCUT2D eigenvalue weighted by Gasteiger charge is 2.20. The number of nitrogens with one attached hydrogen (secondary N) is 1. The van der Waals surface area contributed by atoms with Crippen molar-refractivity contribution in [3.8, 4) is 10.4 Å². The predicted molar refractivity (Wildman–Crippen MR) is 115 cm³/mol. The van der Waals surface area contributed by atoms with E-state index in [2.05, 4.69) is 33.3 Å². The lowest BCUT2D eigenvalue weighted by Crippen LogP contribution is -2.36. The summed E-state index contributed by atoms with van der Waals surface area (Å²) in [4.78, 5) is 20.1. The van der Waals surface area contributed by atoms with E-state index < -0.39 is 0 Å². The van der Waals surface area contributed by atoms with Crippen molar-refractivity contribution < 1.29 is 14.3 Å². The molecule has 0 aliphatic carbocycles. The number of thiophene rings is 2. The number of aromatic nitrogens is 2. The van der Waals surface area contributed by atoms with Crippen LogP contribution in [0.1, 0.15) is 25.1 Å². The minimum Gasteiger partial charge on any atom is -0.379 e. The number of ether oxygens (including phenoxy) is 2. The molecule has 2 fully saturated rings. The zero-order chi connectivity index (χ0) is 19.5. The molecule has 5 heterocycles. The van der Waals surface area contributed by atoms with E-state index in [0.29, 0.717) is 6.54 Å². The Morgan fingerprint density at radius 3 is 2.90 bits per heavy atom. The van der Waals surface area contributed by atoms with Crippen LogP contribution in [0.4, 0.5) is 5.82 Å². The number of anilines is 1. The summed E-state index contributed by atoms with van der Waals surface area (Å²) in [6, 6.07) is 4.19. The molecule has 29 heavy (non-hydrogen) atoms. The molecule has 3 aromatic rings. The first-order valence-corrected chi connectivity index (χ1v) is 11.8. The topological polar surface area (TPSA) is 68.7 Å². The van der Waals surface area contributed by atoms with Crippen LogP contribution in [0.3, 0.4) is 0 Å². The van der Waals surface area contributed by atoms with E-state index in [1.54, 1.807) is 22.7 Å². The molecule has 0 bridgehead atoms. The molecule has 0 spiro atoms. The molecule has 0 saturated carbocycles. The van der Waals surface area contributed by atoms with Gasteiger partial charge in [0.25, 0.3) is 0 Å². The predicted octanol–water partition coefficient (Wildman–Crippen LogP) is 4.12. The molecule has 1 N–H and O–H groups in total. The van der Waals surface area contributed by atoms with Gasteiger partial charge in [0.15, 0.2) is 12.1 Å². The fourth-order valence-corrected chi connectivity index (χ4v) is 5.41. The van der Waals surface area contributed by atoms with Crippen molar-refractivity contribution in [3.05, 3.63) is 28.7 Å². The van der Waals surface area contributed by atoms with Crippen molar-refractivity contribution in [2.45, 2.75) is 32.1 Å². The lowest BCUT2D eigenvalue weighted by molar-refractivity contribution is -0.145. The van der Waals surface area contributed by atoms with Gasteiger partial charge in [0.1, 0.15) is 10.7 Å². The van der Waals surface area contributed by atoms with Crippen molar-refractivity contribution in [3.63, 3.8) is 0 Å². The summed E-state index contributed by atoms with van der Waals surface area (Å²) >= 11 is 3.37. The number of hydrogen-bond donors (Lipinski definition) is 1. The average molecular weight is 433 g/mol. The molecule has 7 nitrogen and oxygen atoms in total. The van der Waals surface area contributed by atoms with Gasteiger partial charge in [-0.3, -0.25) is 4.90 Å². The van der Waals surface area contributed by atoms with E-state index >= 15 is 0 Å². The van der Waals surface area contributed by atoms with Crippen molar-refractivity contribution in [2.24, 2.45) is 0 Å². The van der Waals surface area contributed by atoms with Crippen LogP contribution in [0.2, 0.25) is 0 Å². The van der Waals surface area contributed by atoms with Crippen molar-refractivity contribution in [1.29, 1.82) is 0 Å². The Morgan fingerprint density at radius 2 is 2.10 bits per heavy atom. The van der Waals surface area contributed by atoms with Gasteiger partial charge in [-0.1, -0.05) is 6.07 Å². The van der Waals surface area contributed by atoms with Gasteiger partial charge in [-0.05, 0) is 24.3 Å². The number of rotatable bonds is 6. The maximum Gasteiger partial charge on any atom is 0.183 e. The molecule has 0 aromatic carbocycles. The van der Waals surface area contributed by atoms with Gasteiger partial charge in [-0.25, -0.2) is 20.3 Å². The molecule has 0 radical (unpaired) electrons. The second-order valence-electron chi connectivity index (χ2n) is 7.20. The first-order chi connectivity index (χ1) is 14.4. The number of nitrogens with zero attached hydrogens (tertiary/aromatic N) is 3. The van der Waals surface area contributed by atoms with Gasteiger partial charge in [-0.15, -0.1) is 22.7 Å². The minimum absolute atomic E-state index is 0.236. The van der Waals surface area contributed by atoms with E-state index in [4.69, 9.17) is 24.3 Å². The van der Waals surface area contributed by atoms with Crippen molar-refractivity contribution in [2.75, 3.05) is 38.4 Å². The largest absolute Gasteiger partial charge is 0.379 e. The van der Waals surface area contributed by atoms with E-state index in [-0.39, 0.29) is 6.29 Å². The number of fused-ring (bicyclic) bond motifs is 1. The Morgan fingerprint density at radius 1 is 1.17 bits per heavy atom. The van der Waals surface area contributed by atoms with Crippen molar-refractivity contribution >= 4 is 38.7 Å². The summed E-state index contributed by atoms with van der Waals surface area (Å²) in [5, 5.41) is 5.26. The third kappa shape index (κ3) is 4.45. The lowest BCUT2D eigenvalue weighted by atomic mass is 10.2. The highest BCUT2D eigenvalue weighted by molar-refractivity contribution is 7.18. The molecule has 154 valence electrons. The molecule has 0 amide bonds. The molecule has 1 atom stereocenters. The molecule has 1 unspecified atom stereocenters. The third-order valence-corrected chi connectivity index (χ3v) is 6.94. The fourth-order valence-electron chi connectivity index (χ4n) is 3.63. The third-order valence-electron chi connectivity index (χ3n) is 5.16. The molecule has 3 aromatic heterocycles. The Balaban J connectivity index is 1.46. The molecule has 9 heteroatoms. The van der Waals surface area contributed by atoms with E-state index in [9.17, 15) is 0 Å². The Labute approximate surface area is 177 Å². The summed E-state index contributed by atoms with van der Waals surface area (Å²) in [7, 11) is 0. The molecule has 2 aliphatic rings. The smallest absolute Gasteiger partial charge is 0.183 e. The van der Waals surface area contributed by atoms with Crippen LogP contribution >= 0.6 is 22.7 Å². The zero-order valence-electron chi connectivity index (χ0n) is 16.1. The van der Waals surface area contributed by atoms with Crippen LogP contribution in [0.25, 0.3) is 20.7 Å². The standard InChI is InChI=1S/C20H24N4O3S2/c1-2-8-26-17(5-1)27-23-19-18-14(15-4-3-11-28-15)13-29-20(18)22-16(21-19)12-24-6-9-25-10-7-24/h3-4,11,13,17H,1-2,5-10,12H2,(H,21,22,23). The van der Waals surface area contributed by atoms with Gasteiger partial charge in [0.05, 0.1) is 25.1 Å². The van der Waals surface area contributed by atoms with E-state index in [1.165, 1.54) is 4.88 Å². The van der Waals surface area contributed by atoms with Gasteiger partial charge in [0.2, 0.25) is 0 Å². The van der Waals surface area contributed by atoms with Crippen LogP contribution in [0.15, 0.2) is 22.9 Å². The monoisotopic (exact) mass is 432 g/mol. The Bertz CT molecular complexity index is 935. The van der Waals surface area contributed by atoms with Crippen LogP contribution in [-0.2, 0) is 20.9 Å². The second kappa shape index (κ2) is 9.03. The number of hydrogen-bond acceptors (Lipinski definition) is 9. The first-order valence-electron chi connectivity index (χ1n) is 10.0. The second-order valence-corrected chi connectivity index (χ2v) is 9.01. The SMILES string of the molecule is c1csc(-c2csc3nc(CN4CCOCC4)nc(NOC4CCCCO4)c23)c1. The highest BCUT2D eigenvalue weighted by Crippen LogP contribution is 2.39. The first kappa shape index (κ1) is 19.3. The van der Waals surface area contributed by atoms with Gasteiger partial charge in [0, 0.05) is 41.9 Å². The highest BCUT2D eigenvalue weighted by atomic mass is 32.1. The Hall–Kier alpha value is -1.62.